The number of hydrogen-bond donors (Lipinski definition) is 2. The molecule has 1 fully saturated rings. The molecule has 138 valence electrons. The van der Waals surface area contributed by atoms with Gasteiger partial charge in [0.05, 0.1) is 12.2 Å². The Balaban J connectivity index is 0.00000196. The zero-order valence-electron chi connectivity index (χ0n) is 14.4. The molecule has 0 spiro atoms. The second kappa shape index (κ2) is 7.93. The molecule has 2 amide bonds. The van der Waals surface area contributed by atoms with E-state index in [9.17, 15) is 9.18 Å². The summed E-state index contributed by atoms with van der Waals surface area (Å²) in [5, 5.41) is 6.31. The van der Waals surface area contributed by atoms with Gasteiger partial charge in [-0.2, -0.15) is 0 Å². The van der Waals surface area contributed by atoms with Crippen LogP contribution in [0.3, 0.4) is 0 Å². The molecule has 0 radical (unpaired) electrons. The number of piperazine rings is 1. The number of halogens is 2. The highest BCUT2D eigenvalue weighted by Gasteiger charge is 2.27. The van der Waals surface area contributed by atoms with Crippen LogP contribution >= 0.6 is 12.4 Å². The van der Waals surface area contributed by atoms with Gasteiger partial charge in [0, 0.05) is 44.0 Å². The molecule has 0 saturated carbocycles. The normalized spacial score (nSPS) is 16.6. The first-order chi connectivity index (χ1) is 12.2. The lowest BCUT2D eigenvalue weighted by atomic mass is 10.0. The summed E-state index contributed by atoms with van der Waals surface area (Å²) in [6.45, 7) is 4.70. The molecule has 5 nitrogen and oxygen atoms in total. The molecular formula is C19H22ClFN4O. The van der Waals surface area contributed by atoms with Crippen LogP contribution in [0.2, 0.25) is 0 Å². The van der Waals surface area contributed by atoms with Crippen molar-refractivity contribution in [1.82, 2.24) is 10.6 Å². The van der Waals surface area contributed by atoms with Crippen LogP contribution in [-0.4, -0.2) is 32.2 Å². The van der Waals surface area contributed by atoms with Crippen LogP contribution in [0, 0.1) is 5.82 Å². The molecule has 4 rings (SSSR count). The van der Waals surface area contributed by atoms with E-state index in [0.717, 1.165) is 43.0 Å². The Morgan fingerprint density at radius 1 is 1.04 bits per heavy atom. The quantitative estimate of drug-likeness (QED) is 0.866. The predicted molar refractivity (Wildman–Crippen MR) is 104 cm³/mol. The van der Waals surface area contributed by atoms with E-state index >= 15 is 0 Å². The number of nitrogens with zero attached hydrogens (tertiary/aromatic N) is 2. The van der Waals surface area contributed by atoms with E-state index in [4.69, 9.17) is 0 Å². The molecule has 0 aliphatic carbocycles. The van der Waals surface area contributed by atoms with Gasteiger partial charge in [0.15, 0.2) is 0 Å². The molecule has 26 heavy (non-hydrogen) atoms. The molecule has 2 aliphatic heterocycles. The number of nitrogens with one attached hydrogen (secondary N) is 2. The lowest BCUT2D eigenvalue weighted by molar-refractivity contribution is 0.244. The summed E-state index contributed by atoms with van der Waals surface area (Å²) in [5.74, 6) is -0.287. The van der Waals surface area contributed by atoms with Crippen molar-refractivity contribution in [2.75, 3.05) is 36.0 Å². The molecule has 0 aromatic heterocycles. The van der Waals surface area contributed by atoms with Gasteiger partial charge >= 0.3 is 6.03 Å². The van der Waals surface area contributed by atoms with Crippen molar-refractivity contribution in [2.24, 2.45) is 0 Å². The molecule has 0 unspecified atom stereocenters. The lowest BCUT2D eigenvalue weighted by Gasteiger charge is -2.36. The average molecular weight is 377 g/mol. The summed E-state index contributed by atoms with van der Waals surface area (Å²) < 4.78 is 13.5. The van der Waals surface area contributed by atoms with Crippen molar-refractivity contribution in [3.05, 3.63) is 59.4 Å². The van der Waals surface area contributed by atoms with E-state index in [-0.39, 0.29) is 24.3 Å². The highest BCUT2D eigenvalue weighted by atomic mass is 35.5. The smallest absolute Gasteiger partial charge is 0.322 e. The first-order valence-corrected chi connectivity index (χ1v) is 8.60. The molecule has 2 N–H and O–H groups in total. The monoisotopic (exact) mass is 376 g/mol. The summed E-state index contributed by atoms with van der Waals surface area (Å²) in [6, 6.07) is 12.3. The molecule has 0 bridgehead atoms. The minimum atomic E-state index is -0.287. The maximum absolute atomic E-state index is 13.5. The van der Waals surface area contributed by atoms with Crippen LogP contribution < -0.4 is 20.4 Å². The Bertz CT molecular complexity index is 795. The number of carbonyl (C=O) groups is 1. The topological polar surface area (TPSA) is 47.6 Å². The van der Waals surface area contributed by atoms with Crippen molar-refractivity contribution >= 4 is 29.8 Å². The molecule has 2 aromatic carbocycles. The van der Waals surface area contributed by atoms with E-state index in [2.05, 4.69) is 21.6 Å². The Kier molecular flexibility index (Phi) is 5.64. The summed E-state index contributed by atoms with van der Waals surface area (Å²) >= 11 is 0. The van der Waals surface area contributed by atoms with E-state index in [1.54, 1.807) is 11.0 Å². The Hall–Kier alpha value is -2.31. The number of amides is 2. The zero-order valence-corrected chi connectivity index (χ0v) is 15.2. The van der Waals surface area contributed by atoms with Crippen LogP contribution in [0.5, 0.6) is 0 Å². The summed E-state index contributed by atoms with van der Waals surface area (Å²) in [5.41, 5.74) is 3.98. The average Bonchev–Trinajstić information content (AvgIpc) is 2.64. The highest BCUT2D eigenvalue weighted by Crippen LogP contribution is 2.34. The van der Waals surface area contributed by atoms with Crippen molar-refractivity contribution in [1.29, 1.82) is 0 Å². The van der Waals surface area contributed by atoms with Crippen LogP contribution in [0.15, 0.2) is 42.5 Å². The number of carbonyl (C=O) groups excluding carboxylic acids is 1. The van der Waals surface area contributed by atoms with Crippen molar-refractivity contribution < 1.29 is 9.18 Å². The highest BCUT2D eigenvalue weighted by molar-refractivity contribution is 5.96. The molecule has 2 heterocycles. The van der Waals surface area contributed by atoms with Gasteiger partial charge in [-0.25, -0.2) is 9.18 Å². The maximum Gasteiger partial charge on any atom is 0.322 e. The van der Waals surface area contributed by atoms with Crippen LogP contribution in [-0.2, 0) is 13.1 Å². The third-order valence-corrected chi connectivity index (χ3v) is 4.77. The lowest BCUT2D eigenvalue weighted by Crippen LogP contribution is -2.46. The first-order valence-electron chi connectivity index (χ1n) is 8.60. The standard InChI is InChI=1S/C19H21FN4O.ClH/c20-15-4-1-3-14(11-15)13-24-18-6-2-5-17(16(18)12-22-19(24)25)23-9-7-21-8-10-23;/h1-6,11,21H,7-10,12-13H2,(H,22,25);1H. The van der Waals surface area contributed by atoms with Gasteiger partial charge in [0.25, 0.3) is 0 Å². The number of anilines is 2. The van der Waals surface area contributed by atoms with Crippen molar-refractivity contribution in [3.8, 4) is 0 Å². The van der Waals surface area contributed by atoms with Gasteiger partial charge in [0.2, 0.25) is 0 Å². The molecule has 2 aromatic rings. The SMILES string of the molecule is Cl.O=C1NCc2c(N3CCNCC3)cccc2N1Cc1cccc(F)c1. The fraction of sp³-hybridized carbons (Fsp3) is 0.316. The number of hydrogen-bond acceptors (Lipinski definition) is 3. The zero-order chi connectivity index (χ0) is 17.2. The van der Waals surface area contributed by atoms with Gasteiger partial charge in [0.1, 0.15) is 5.82 Å². The second-order valence-electron chi connectivity index (χ2n) is 6.39. The molecule has 2 aliphatic rings. The van der Waals surface area contributed by atoms with Crippen LogP contribution in [0.25, 0.3) is 0 Å². The van der Waals surface area contributed by atoms with Gasteiger partial charge < -0.3 is 15.5 Å². The van der Waals surface area contributed by atoms with Crippen molar-refractivity contribution in [2.45, 2.75) is 13.1 Å². The van der Waals surface area contributed by atoms with Gasteiger partial charge in [-0.15, -0.1) is 12.4 Å². The Morgan fingerprint density at radius 2 is 1.77 bits per heavy atom. The minimum absolute atomic E-state index is 0. The van der Waals surface area contributed by atoms with E-state index in [1.807, 2.05) is 18.2 Å². The van der Waals surface area contributed by atoms with Gasteiger partial charge in [-0.3, -0.25) is 4.90 Å². The number of urea groups is 1. The van der Waals surface area contributed by atoms with Crippen LogP contribution in [0.4, 0.5) is 20.6 Å². The summed E-state index contributed by atoms with van der Waals surface area (Å²) in [4.78, 5) is 16.5. The van der Waals surface area contributed by atoms with Gasteiger partial charge in [-0.1, -0.05) is 18.2 Å². The second-order valence-corrected chi connectivity index (χ2v) is 6.39. The third-order valence-electron chi connectivity index (χ3n) is 4.77. The van der Waals surface area contributed by atoms with Crippen molar-refractivity contribution in [3.63, 3.8) is 0 Å². The minimum Gasteiger partial charge on any atom is -0.369 e. The Labute approximate surface area is 158 Å². The Morgan fingerprint density at radius 3 is 2.54 bits per heavy atom. The largest absolute Gasteiger partial charge is 0.369 e. The summed E-state index contributed by atoms with van der Waals surface area (Å²) in [7, 11) is 0. The predicted octanol–water partition coefficient (Wildman–Crippen LogP) is 2.89. The third kappa shape index (κ3) is 3.61. The van der Waals surface area contributed by atoms with Gasteiger partial charge in [-0.05, 0) is 29.8 Å². The first kappa shape index (κ1) is 18.5. The number of fused-ring (bicyclic) bond motifs is 1. The molecular weight excluding hydrogens is 355 g/mol. The van der Waals surface area contributed by atoms with E-state index < -0.39 is 0 Å². The molecule has 1 saturated heterocycles. The number of benzene rings is 2. The van der Waals surface area contributed by atoms with E-state index in [0.29, 0.717) is 13.1 Å². The molecule has 0 atom stereocenters. The fourth-order valence-electron chi connectivity index (χ4n) is 3.54. The maximum atomic E-state index is 13.5. The van der Waals surface area contributed by atoms with Crippen LogP contribution in [0.1, 0.15) is 11.1 Å². The fourth-order valence-corrected chi connectivity index (χ4v) is 3.54. The molecule has 7 heteroatoms. The number of rotatable bonds is 3. The van der Waals surface area contributed by atoms with E-state index in [1.165, 1.54) is 17.8 Å². The summed E-state index contributed by atoms with van der Waals surface area (Å²) in [6.07, 6.45) is 0.